The van der Waals surface area contributed by atoms with Crippen LogP contribution < -0.4 is 5.32 Å². The number of thiophene rings is 1. The second-order valence-corrected chi connectivity index (χ2v) is 7.99. The fourth-order valence-electron chi connectivity index (χ4n) is 2.70. The summed E-state index contributed by atoms with van der Waals surface area (Å²) in [6.45, 7) is 5.78. The largest absolute Gasteiger partial charge is 0.302 e. The van der Waals surface area contributed by atoms with Gasteiger partial charge in [0, 0.05) is 29.8 Å². The molecule has 118 valence electrons. The van der Waals surface area contributed by atoms with Crippen molar-refractivity contribution in [2.75, 3.05) is 11.9 Å². The van der Waals surface area contributed by atoms with Gasteiger partial charge in [0.1, 0.15) is 0 Å². The third kappa shape index (κ3) is 3.51. The van der Waals surface area contributed by atoms with Crippen LogP contribution in [0.1, 0.15) is 31.6 Å². The fourth-order valence-corrected chi connectivity index (χ4v) is 4.91. The molecule has 3 heterocycles. The van der Waals surface area contributed by atoms with E-state index in [1.165, 1.54) is 24.6 Å². The van der Waals surface area contributed by atoms with E-state index in [9.17, 15) is 4.79 Å². The van der Waals surface area contributed by atoms with Crippen LogP contribution in [0.4, 0.5) is 5.13 Å². The maximum absolute atomic E-state index is 11.3. The van der Waals surface area contributed by atoms with Crippen LogP contribution in [0.5, 0.6) is 0 Å². The summed E-state index contributed by atoms with van der Waals surface area (Å²) in [6, 6.07) is 2.54. The minimum absolute atomic E-state index is 0.0920. The van der Waals surface area contributed by atoms with E-state index in [1.54, 1.807) is 22.7 Å². The third-order valence-electron chi connectivity index (χ3n) is 3.82. The highest BCUT2D eigenvalue weighted by atomic mass is 35.5. The number of carbonyl (C=O) groups excluding carboxylic acids is 1. The number of rotatable bonds is 4. The van der Waals surface area contributed by atoms with E-state index >= 15 is 0 Å². The van der Waals surface area contributed by atoms with Gasteiger partial charge in [-0.3, -0.25) is 9.69 Å². The standard InChI is InChI=1S/C15H18ClN3OS2/c1-9-4-3-5-19(9)7-13-14(12-6-11(16)8-21-12)18-15(22-13)17-10(2)20/h6,8-9H,3-5,7H2,1-2H3,(H,17,18,20)/t9-/m1/s1. The molecule has 2 aromatic rings. The molecule has 1 amide bonds. The van der Waals surface area contributed by atoms with Gasteiger partial charge in [-0.05, 0) is 32.4 Å². The Labute approximate surface area is 143 Å². The van der Waals surface area contributed by atoms with E-state index in [0.717, 1.165) is 28.7 Å². The molecule has 0 aromatic carbocycles. The maximum Gasteiger partial charge on any atom is 0.223 e. The van der Waals surface area contributed by atoms with Crippen molar-refractivity contribution in [1.29, 1.82) is 0 Å². The van der Waals surface area contributed by atoms with Crippen molar-refractivity contribution in [3.63, 3.8) is 0 Å². The lowest BCUT2D eigenvalue weighted by Gasteiger charge is -2.20. The summed E-state index contributed by atoms with van der Waals surface area (Å²) in [4.78, 5) is 20.6. The number of hydrogen-bond acceptors (Lipinski definition) is 5. The van der Waals surface area contributed by atoms with E-state index in [-0.39, 0.29) is 5.91 Å². The second-order valence-electron chi connectivity index (χ2n) is 5.56. The first-order valence-electron chi connectivity index (χ1n) is 7.28. The number of likely N-dealkylation sites (tertiary alicyclic amines) is 1. The van der Waals surface area contributed by atoms with Crippen molar-refractivity contribution in [1.82, 2.24) is 9.88 Å². The number of thiazole rings is 1. The highest BCUT2D eigenvalue weighted by Crippen LogP contribution is 2.37. The molecule has 2 aromatic heterocycles. The monoisotopic (exact) mass is 355 g/mol. The zero-order valence-electron chi connectivity index (χ0n) is 12.6. The Morgan fingerprint density at radius 2 is 2.41 bits per heavy atom. The topological polar surface area (TPSA) is 45.2 Å². The Bertz CT molecular complexity index is 682. The van der Waals surface area contributed by atoms with Crippen LogP contribution in [0, 0.1) is 0 Å². The lowest BCUT2D eigenvalue weighted by Crippen LogP contribution is -2.25. The zero-order valence-corrected chi connectivity index (χ0v) is 14.9. The Morgan fingerprint density at radius 3 is 3.00 bits per heavy atom. The Balaban J connectivity index is 1.91. The van der Waals surface area contributed by atoms with Crippen LogP contribution in [0.15, 0.2) is 11.4 Å². The molecule has 3 rings (SSSR count). The lowest BCUT2D eigenvalue weighted by atomic mass is 10.2. The van der Waals surface area contributed by atoms with Gasteiger partial charge in [0.25, 0.3) is 0 Å². The van der Waals surface area contributed by atoms with Crippen molar-refractivity contribution < 1.29 is 4.79 Å². The first-order valence-corrected chi connectivity index (χ1v) is 9.36. The minimum atomic E-state index is -0.0920. The van der Waals surface area contributed by atoms with Gasteiger partial charge >= 0.3 is 0 Å². The minimum Gasteiger partial charge on any atom is -0.302 e. The van der Waals surface area contributed by atoms with E-state index in [2.05, 4.69) is 22.1 Å². The van der Waals surface area contributed by atoms with E-state index in [4.69, 9.17) is 11.6 Å². The summed E-state index contributed by atoms with van der Waals surface area (Å²) in [5.74, 6) is -0.0920. The molecular weight excluding hydrogens is 338 g/mol. The molecule has 1 atom stereocenters. The highest BCUT2D eigenvalue weighted by Gasteiger charge is 2.24. The quantitative estimate of drug-likeness (QED) is 0.880. The molecule has 0 aliphatic carbocycles. The van der Waals surface area contributed by atoms with Gasteiger partial charge in [-0.2, -0.15) is 0 Å². The Hall–Kier alpha value is -0.950. The van der Waals surface area contributed by atoms with Gasteiger partial charge in [0.2, 0.25) is 5.91 Å². The molecule has 0 bridgehead atoms. The van der Waals surface area contributed by atoms with Crippen LogP contribution >= 0.6 is 34.3 Å². The molecule has 0 unspecified atom stereocenters. The third-order valence-corrected chi connectivity index (χ3v) is 6.06. The first-order chi connectivity index (χ1) is 10.5. The summed E-state index contributed by atoms with van der Waals surface area (Å²) in [5.41, 5.74) is 0.949. The van der Waals surface area contributed by atoms with Gasteiger partial charge in [0.05, 0.1) is 15.6 Å². The molecule has 1 N–H and O–H groups in total. The van der Waals surface area contributed by atoms with Crippen LogP contribution in [0.3, 0.4) is 0 Å². The maximum atomic E-state index is 11.3. The predicted octanol–water partition coefficient (Wildman–Crippen LogP) is 4.47. The van der Waals surface area contributed by atoms with Gasteiger partial charge < -0.3 is 5.32 Å². The Kier molecular flexibility index (Phi) is 4.82. The summed E-state index contributed by atoms with van der Waals surface area (Å²) in [5, 5.41) is 6.11. The summed E-state index contributed by atoms with van der Waals surface area (Å²) in [6.07, 6.45) is 2.50. The van der Waals surface area contributed by atoms with Gasteiger partial charge in [0.15, 0.2) is 5.13 Å². The van der Waals surface area contributed by atoms with Crippen molar-refractivity contribution in [2.24, 2.45) is 0 Å². The van der Waals surface area contributed by atoms with Crippen molar-refractivity contribution in [3.8, 4) is 10.6 Å². The number of amides is 1. The molecule has 0 spiro atoms. The molecule has 4 nitrogen and oxygen atoms in total. The fraction of sp³-hybridized carbons (Fsp3) is 0.467. The van der Waals surface area contributed by atoms with Crippen molar-refractivity contribution >= 4 is 45.3 Å². The number of nitrogens with zero attached hydrogens (tertiary/aromatic N) is 2. The highest BCUT2D eigenvalue weighted by molar-refractivity contribution is 7.17. The number of carbonyl (C=O) groups is 1. The number of halogens is 1. The predicted molar refractivity (Wildman–Crippen MR) is 93.8 cm³/mol. The lowest BCUT2D eigenvalue weighted by molar-refractivity contribution is -0.114. The number of nitrogens with one attached hydrogen (secondary N) is 1. The summed E-state index contributed by atoms with van der Waals surface area (Å²) < 4.78 is 0. The molecular formula is C15H18ClN3OS2. The van der Waals surface area contributed by atoms with Crippen LogP contribution in [0.25, 0.3) is 10.6 Å². The number of anilines is 1. The molecule has 0 saturated carbocycles. The molecule has 1 aliphatic heterocycles. The van der Waals surface area contributed by atoms with E-state index in [1.807, 2.05) is 11.4 Å². The Morgan fingerprint density at radius 1 is 1.59 bits per heavy atom. The van der Waals surface area contributed by atoms with Crippen LogP contribution in [-0.2, 0) is 11.3 Å². The van der Waals surface area contributed by atoms with Crippen LogP contribution in [-0.4, -0.2) is 28.4 Å². The van der Waals surface area contributed by atoms with Crippen molar-refractivity contribution in [2.45, 2.75) is 39.3 Å². The van der Waals surface area contributed by atoms with E-state index < -0.39 is 0 Å². The van der Waals surface area contributed by atoms with Gasteiger partial charge in [-0.25, -0.2) is 4.98 Å². The first kappa shape index (κ1) is 15.9. The van der Waals surface area contributed by atoms with Crippen LogP contribution in [0.2, 0.25) is 5.02 Å². The average molecular weight is 356 g/mol. The number of hydrogen-bond donors (Lipinski definition) is 1. The molecule has 1 saturated heterocycles. The summed E-state index contributed by atoms with van der Waals surface area (Å²) >= 11 is 9.20. The average Bonchev–Trinajstić information content (AvgIpc) is 3.12. The second kappa shape index (κ2) is 6.66. The molecule has 1 fully saturated rings. The normalized spacial score (nSPS) is 18.8. The van der Waals surface area contributed by atoms with Gasteiger partial charge in [-0.1, -0.05) is 22.9 Å². The molecule has 7 heteroatoms. The number of aromatic nitrogens is 1. The van der Waals surface area contributed by atoms with Gasteiger partial charge in [-0.15, -0.1) is 11.3 Å². The van der Waals surface area contributed by atoms with E-state index in [0.29, 0.717) is 11.2 Å². The van der Waals surface area contributed by atoms with Crippen molar-refractivity contribution in [3.05, 3.63) is 21.3 Å². The SMILES string of the molecule is CC(=O)Nc1nc(-c2cc(Cl)cs2)c(CN2CCC[C@H]2C)s1. The molecule has 22 heavy (non-hydrogen) atoms. The smallest absolute Gasteiger partial charge is 0.223 e. The zero-order chi connectivity index (χ0) is 15.7. The summed E-state index contributed by atoms with van der Waals surface area (Å²) in [7, 11) is 0. The molecule has 1 aliphatic rings. The molecule has 0 radical (unpaired) electrons.